The molecule has 2 aromatic rings. The number of aromatic carboxylic acids is 1. The normalized spacial score (nSPS) is 13.2. The monoisotopic (exact) mass is 1010 g/mol. The summed E-state index contributed by atoms with van der Waals surface area (Å²) in [5, 5.41) is 20.5. The first-order valence-corrected chi connectivity index (χ1v) is 25.5. The van der Waals surface area contributed by atoms with Gasteiger partial charge in [-0.05, 0) is 95.8 Å². The maximum atomic E-state index is 13.6. The molecule has 0 bridgehead atoms. The Morgan fingerprint density at radius 1 is 0.882 bits per heavy atom. The summed E-state index contributed by atoms with van der Waals surface area (Å²) in [4.78, 5) is 65.5. The third-order valence-electron chi connectivity index (χ3n) is 10.6. The lowest BCUT2D eigenvalue weighted by Gasteiger charge is -2.25. The molecule has 0 atom stereocenters. The van der Waals surface area contributed by atoms with Gasteiger partial charge in [-0.2, -0.15) is 0 Å². The Labute approximate surface area is 394 Å². The molecule has 22 nitrogen and oxygen atoms in total. The maximum absolute atomic E-state index is 13.6. The fourth-order valence-corrected chi connectivity index (χ4v) is 10.1. The zero-order valence-electron chi connectivity index (χ0n) is 37.3. The third-order valence-corrected chi connectivity index (χ3v) is 13.8. The number of carbonyl (C=O) groups is 5. The highest BCUT2D eigenvalue weighted by Crippen LogP contribution is 2.45. The predicted octanol–water partition coefficient (Wildman–Crippen LogP) is 2.32. The average molecular weight is 1010 g/mol. The number of carbonyl (C=O) groups excluding carboxylic acids is 4. The van der Waals surface area contributed by atoms with Crippen LogP contribution in [0, 0.1) is 5.41 Å². The molecule has 5 rings (SSSR count). The van der Waals surface area contributed by atoms with E-state index in [4.69, 9.17) is 20.4 Å². The number of fused-ring (bicyclic) bond motifs is 2. The molecule has 68 heavy (non-hydrogen) atoms. The summed E-state index contributed by atoms with van der Waals surface area (Å²) in [7, 11) is -15.0. The molecule has 1 saturated heterocycles. The Balaban J connectivity index is 0.00000111. The van der Waals surface area contributed by atoms with Gasteiger partial charge in [0.25, 0.3) is 17.7 Å². The van der Waals surface area contributed by atoms with Crippen LogP contribution in [0.25, 0.3) is 33.4 Å². The molecule has 3 aliphatic rings. The molecular weight excluding hydrogens is 953 g/mol. The molecule has 374 valence electrons. The minimum atomic E-state index is -5.52. The van der Waals surface area contributed by atoms with Crippen LogP contribution in [0.3, 0.4) is 0 Å². The molecule has 0 spiro atoms. The summed E-state index contributed by atoms with van der Waals surface area (Å²) < 4.78 is 106. The molecule has 2 heterocycles. The Hall–Kier alpha value is -5.83. The van der Waals surface area contributed by atoms with Crippen molar-refractivity contribution in [2.45, 2.75) is 109 Å². The van der Waals surface area contributed by atoms with Crippen LogP contribution in [0.15, 0.2) is 56.7 Å². The number of unbranched alkanes of at least 4 members (excludes halogenated alkanes) is 2. The second-order valence-corrected chi connectivity index (χ2v) is 20.6. The van der Waals surface area contributed by atoms with Crippen molar-refractivity contribution in [3.8, 4) is 22.5 Å². The van der Waals surface area contributed by atoms with Crippen LogP contribution >= 0.6 is 0 Å². The summed E-state index contributed by atoms with van der Waals surface area (Å²) in [5.74, 6) is -6.06. The van der Waals surface area contributed by atoms with E-state index in [0.717, 1.165) is 36.3 Å². The summed E-state index contributed by atoms with van der Waals surface area (Å²) >= 11 is 0. The van der Waals surface area contributed by atoms with Gasteiger partial charge in [0.1, 0.15) is 19.9 Å². The first-order valence-electron chi connectivity index (χ1n) is 21.0. The number of quaternary nitrogens is 1. The van der Waals surface area contributed by atoms with Gasteiger partial charge in [0.15, 0.2) is 11.3 Å². The van der Waals surface area contributed by atoms with Gasteiger partial charge in [0.2, 0.25) is 10.0 Å². The number of carboxylic acid groups (broad SMARTS) is 1. The fraction of sp³-hybridized carbons (Fsp3) is 0.442. The lowest BCUT2D eigenvalue weighted by atomic mass is 9.89. The highest BCUT2D eigenvalue weighted by Gasteiger charge is 2.33. The Kier molecular flexibility index (Phi) is 19.5. The van der Waals surface area contributed by atoms with E-state index >= 15 is 0 Å². The van der Waals surface area contributed by atoms with Crippen molar-refractivity contribution in [2.75, 3.05) is 31.1 Å². The lowest BCUT2D eigenvalue weighted by molar-refractivity contribution is -0.940. The number of nitrogens with two attached hydrogens (primary N) is 1. The number of anilines is 1. The van der Waals surface area contributed by atoms with Crippen LogP contribution in [0.5, 0.6) is 0 Å². The standard InChI is InChI=1S/C34H35N5O16S3.C8H19N.CH4/c35-23-10-8-20-28(21-9-11-24(36)32(58(51,52)53)30(21)54-29(20)31(23)57(49,50)38-15-4-16-56(46,47)48)19-7-6-18(17-22(19)34(44)45)33(43)37-14-3-1-2-5-27(42)55-39-25(40)12-13-26(39)41;1-6-9(7(2)3)8(4)5;/h6-11,17,36,38H,1-5,12-16,35H2,(H,37,43)(H,44,45)(H,46,47,48)(H,51,52,53);7-8H,6H2,1-5H3;1H4/p-1. The second-order valence-electron chi connectivity index (χ2n) is 16.0. The van der Waals surface area contributed by atoms with Gasteiger partial charge >= 0.3 is 11.9 Å². The SMILES string of the molecule is C.CC[NH+](C(C)C)C(C)C.N=c1ccc2c(-c3ccc(C(=O)NCCCCCC(=O)ON4C(=O)CCC4=O)cc3C(=O)O)c3ccc(N)c(S(=O)(=O)NCCCS(=O)(=O)[O-])c3oc-2c1S(=O)(=O)[O-]. The van der Waals surface area contributed by atoms with Gasteiger partial charge < -0.3 is 39.4 Å². The van der Waals surface area contributed by atoms with Crippen LogP contribution in [0.4, 0.5) is 5.69 Å². The highest BCUT2D eigenvalue weighted by atomic mass is 32.2. The van der Waals surface area contributed by atoms with Gasteiger partial charge in [-0.15, -0.1) is 5.06 Å². The molecule has 3 amide bonds. The van der Waals surface area contributed by atoms with E-state index < -0.39 is 116 Å². The van der Waals surface area contributed by atoms with E-state index in [0.29, 0.717) is 24.3 Å². The van der Waals surface area contributed by atoms with E-state index in [9.17, 15) is 63.4 Å². The van der Waals surface area contributed by atoms with Crippen molar-refractivity contribution in [3.05, 3.63) is 58.9 Å². The smallest absolute Gasteiger partial charge is 0.336 e. The van der Waals surface area contributed by atoms with Gasteiger partial charge in [-0.3, -0.25) is 19.8 Å². The number of amides is 3. The average Bonchev–Trinajstić information content (AvgIpc) is 3.53. The lowest BCUT2D eigenvalue weighted by Crippen LogP contribution is -3.17. The largest absolute Gasteiger partial charge is 0.748 e. The number of hydrogen-bond donors (Lipinski definition) is 6. The zero-order chi connectivity index (χ0) is 50.2. The van der Waals surface area contributed by atoms with E-state index in [1.807, 2.05) is 0 Å². The zero-order valence-corrected chi connectivity index (χ0v) is 39.7. The van der Waals surface area contributed by atoms with Crippen LogP contribution in [0.2, 0.25) is 0 Å². The number of sulfonamides is 1. The molecule has 0 radical (unpaired) electrons. The van der Waals surface area contributed by atoms with E-state index in [2.05, 4.69) is 44.7 Å². The minimum absolute atomic E-state index is 0. The molecule has 2 aromatic carbocycles. The van der Waals surface area contributed by atoms with E-state index in [1.165, 1.54) is 24.7 Å². The molecule has 1 aliphatic carbocycles. The topological polar surface area (TPSA) is 358 Å². The number of carboxylic acids is 1. The third kappa shape index (κ3) is 14.1. The number of hydroxylamine groups is 2. The van der Waals surface area contributed by atoms with Crippen LogP contribution in [-0.2, 0) is 49.5 Å². The van der Waals surface area contributed by atoms with Crippen LogP contribution in [-0.4, -0.2) is 112 Å². The van der Waals surface area contributed by atoms with E-state index in [-0.39, 0.29) is 60.9 Å². The maximum Gasteiger partial charge on any atom is 0.336 e. The number of nitrogens with one attached hydrogen (secondary N) is 4. The first-order chi connectivity index (χ1) is 31.2. The Morgan fingerprint density at radius 3 is 2.04 bits per heavy atom. The van der Waals surface area contributed by atoms with Gasteiger partial charge in [-0.1, -0.05) is 19.9 Å². The molecule has 25 heteroatoms. The number of nitrogen functional groups attached to an aromatic ring is 1. The molecule has 7 N–H and O–H groups in total. The summed E-state index contributed by atoms with van der Waals surface area (Å²) in [6.45, 7) is 12.1. The van der Waals surface area contributed by atoms with Crippen molar-refractivity contribution < 1.29 is 77.6 Å². The van der Waals surface area contributed by atoms with Crippen LogP contribution in [0.1, 0.15) is 108 Å². The van der Waals surface area contributed by atoms with Gasteiger partial charge in [-0.25, -0.2) is 39.6 Å². The van der Waals surface area contributed by atoms with Crippen LogP contribution < -0.4 is 26.0 Å². The number of imide groups is 1. The van der Waals surface area contributed by atoms with Gasteiger partial charge in [0.05, 0.1) is 45.4 Å². The summed E-state index contributed by atoms with van der Waals surface area (Å²) in [5.41, 5.74) is 3.53. The molecule has 2 aliphatic heterocycles. The number of nitrogens with zero attached hydrogens (tertiary/aromatic N) is 1. The van der Waals surface area contributed by atoms with Crippen molar-refractivity contribution in [2.24, 2.45) is 0 Å². The van der Waals surface area contributed by atoms with Crippen molar-refractivity contribution in [3.63, 3.8) is 0 Å². The molecule has 1 fully saturated rings. The molecule has 0 unspecified atom stereocenters. The minimum Gasteiger partial charge on any atom is -0.748 e. The number of benzene rings is 3. The van der Waals surface area contributed by atoms with Crippen molar-refractivity contribution in [1.82, 2.24) is 15.1 Å². The van der Waals surface area contributed by atoms with E-state index in [1.54, 1.807) is 4.90 Å². The molecule has 0 aromatic heterocycles. The summed E-state index contributed by atoms with van der Waals surface area (Å²) in [6, 6.07) is 9.35. The quantitative estimate of drug-likeness (QED) is 0.0243. The Bertz CT molecular complexity index is 2890. The predicted molar refractivity (Wildman–Crippen MR) is 244 cm³/mol. The van der Waals surface area contributed by atoms with Crippen molar-refractivity contribution >= 4 is 76.6 Å². The number of rotatable bonds is 20. The van der Waals surface area contributed by atoms with Gasteiger partial charge in [0, 0.05) is 60.2 Å². The highest BCUT2D eigenvalue weighted by molar-refractivity contribution is 7.90. The first kappa shape index (κ1) is 56.5. The van der Waals surface area contributed by atoms with Crippen molar-refractivity contribution in [1.29, 1.82) is 5.41 Å². The Morgan fingerprint density at radius 2 is 1.50 bits per heavy atom. The molecular formula is C43H57N6O16S3-. The summed E-state index contributed by atoms with van der Waals surface area (Å²) in [6.07, 6.45) is 0.413. The fourth-order valence-electron chi connectivity index (χ4n) is 7.57. The second kappa shape index (κ2) is 23.5. The molecule has 0 saturated carbocycles. The number of hydrogen-bond acceptors (Lipinski definition) is 17.